The van der Waals surface area contributed by atoms with E-state index in [1.807, 2.05) is 29.3 Å². The second-order valence-corrected chi connectivity index (χ2v) is 7.51. The second-order valence-electron chi connectivity index (χ2n) is 6.11. The summed E-state index contributed by atoms with van der Waals surface area (Å²) in [6, 6.07) is 7.16. The van der Waals surface area contributed by atoms with Gasteiger partial charge in [0.15, 0.2) is 0 Å². The van der Waals surface area contributed by atoms with Gasteiger partial charge in [-0.25, -0.2) is 10.4 Å². The maximum absolute atomic E-state index is 11.2. The number of rotatable bonds is 5. The van der Waals surface area contributed by atoms with Crippen molar-refractivity contribution in [2.75, 3.05) is 6.67 Å². The number of halogens is 2. The van der Waals surface area contributed by atoms with Gasteiger partial charge in [-0.15, -0.1) is 11.6 Å². The number of nitrogens with one attached hydrogen (secondary N) is 2. The van der Waals surface area contributed by atoms with Crippen LogP contribution in [0.15, 0.2) is 24.3 Å². The van der Waals surface area contributed by atoms with Crippen molar-refractivity contribution >= 4 is 40.8 Å². The molecule has 3 rings (SSSR count). The molecule has 2 aliphatic rings. The first-order valence-corrected chi connectivity index (χ1v) is 8.49. The minimum atomic E-state index is -1.13. The molecule has 1 aliphatic carbocycles. The number of hydrazine groups is 1. The number of nitrogens with zero attached hydrogens (tertiary/aromatic N) is 1. The summed E-state index contributed by atoms with van der Waals surface area (Å²) in [6.07, 6.45) is 1.47. The minimum Gasteiger partial charge on any atom is -0.386 e. The fourth-order valence-corrected chi connectivity index (χ4v) is 3.64. The van der Waals surface area contributed by atoms with Crippen molar-refractivity contribution in [1.82, 2.24) is 15.8 Å². The van der Waals surface area contributed by atoms with Crippen LogP contribution in [0.25, 0.3) is 0 Å². The molecule has 0 radical (unpaired) electrons. The van der Waals surface area contributed by atoms with Crippen LogP contribution < -0.4 is 10.7 Å². The molecule has 22 heavy (non-hydrogen) atoms. The number of aliphatic hydroxyl groups is 1. The lowest BCUT2D eigenvalue weighted by Gasteiger charge is -2.42. The van der Waals surface area contributed by atoms with Crippen LogP contribution in [-0.4, -0.2) is 38.8 Å². The van der Waals surface area contributed by atoms with Gasteiger partial charge < -0.3 is 5.11 Å². The lowest BCUT2D eigenvalue weighted by Crippen LogP contribution is -2.54. The van der Waals surface area contributed by atoms with Gasteiger partial charge in [0.25, 0.3) is 0 Å². The number of hydrogen-bond donors (Lipinski definition) is 3. The third-order valence-corrected chi connectivity index (χ3v) is 5.94. The molecular weight excluding hydrogens is 341 g/mol. The fourth-order valence-electron chi connectivity index (χ4n) is 3.04. The van der Waals surface area contributed by atoms with Crippen LogP contribution in [0.3, 0.4) is 0 Å². The SMILES string of the molecule is CC(O)(C(c1ccccc1Cl)N1CNC(C=S)N1)C1(Cl)CC1. The summed E-state index contributed by atoms with van der Waals surface area (Å²) < 4.78 is 0. The molecule has 0 bridgehead atoms. The summed E-state index contributed by atoms with van der Waals surface area (Å²) in [5, 5.41) is 18.6. The predicted octanol–water partition coefficient (Wildman–Crippen LogP) is 2.60. The molecule has 1 aliphatic heterocycles. The number of thiocarbonyl (C=S) groups is 1. The maximum atomic E-state index is 11.2. The Morgan fingerprint density at radius 3 is 2.73 bits per heavy atom. The Hall–Kier alpha value is -0.270. The maximum Gasteiger partial charge on any atom is 0.102 e. The molecule has 4 nitrogen and oxygen atoms in total. The fraction of sp³-hybridized carbons (Fsp3) is 0.533. The third-order valence-electron chi connectivity index (χ3n) is 4.56. The van der Waals surface area contributed by atoms with E-state index in [0.29, 0.717) is 11.7 Å². The molecule has 3 N–H and O–H groups in total. The standard InChI is InChI=1S/C15H19Cl2N3OS/c1-14(21,15(17)6-7-15)13(10-4-2-3-5-11(10)16)20-9-18-12(8-22)19-20/h2-5,8,12-13,18-19,21H,6-7,9H2,1H3. The van der Waals surface area contributed by atoms with E-state index in [2.05, 4.69) is 10.7 Å². The van der Waals surface area contributed by atoms with Crippen molar-refractivity contribution in [2.24, 2.45) is 0 Å². The highest BCUT2D eigenvalue weighted by Gasteiger charge is 2.60. The van der Waals surface area contributed by atoms with Crippen LogP contribution in [0.4, 0.5) is 0 Å². The molecule has 0 spiro atoms. The molecule has 7 heteroatoms. The smallest absolute Gasteiger partial charge is 0.102 e. The van der Waals surface area contributed by atoms with E-state index in [1.54, 1.807) is 12.3 Å². The van der Waals surface area contributed by atoms with Gasteiger partial charge in [-0.3, -0.25) is 5.32 Å². The highest BCUT2D eigenvalue weighted by molar-refractivity contribution is 7.79. The molecule has 1 aromatic rings. The van der Waals surface area contributed by atoms with Gasteiger partial charge >= 0.3 is 0 Å². The highest BCUT2D eigenvalue weighted by atomic mass is 35.5. The normalized spacial score (nSPS) is 28.1. The largest absolute Gasteiger partial charge is 0.386 e. The average molecular weight is 360 g/mol. The summed E-state index contributed by atoms with van der Waals surface area (Å²) in [4.78, 5) is -0.617. The molecule has 0 amide bonds. The van der Waals surface area contributed by atoms with Crippen LogP contribution in [-0.2, 0) is 0 Å². The van der Waals surface area contributed by atoms with Crippen molar-refractivity contribution in [2.45, 2.75) is 42.4 Å². The van der Waals surface area contributed by atoms with Crippen LogP contribution in [0.5, 0.6) is 0 Å². The Morgan fingerprint density at radius 1 is 1.50 bits per heavy atom. The summed E-state index contributed by atoms with van der Waals surface area (Å²) in [5.74, 6) is 0. The Bertz CT molecular complexity index is 580. The van der Waals surface area contributed by atoms with Gasteiger partial charge in [0.1, 0.15) is 11.8 Å². The van der Waals surface area contributed by atoms with E-state index in [0.717, 1.165) is 18.4 Å². The van der Waals surface area contributed by atoms with Crippen molar-refractivity contribution in [3.8, 4) is 0 Å². The molecule has 120 valence electrons. The van der Waals surface area contributed by atoms with Crippen LogP contribution >= 0.6 is 35.4 Å². The molecule has 1 aromatic carbocycles. The monoisotopic (exact) mass is 359 g/mol. The molecule has 1 saturated heterocycles. The van der Waals surface area contributed by atoms with E-state index >= 15 is 0 Å². The lowest BCUT2D eigenvalue weighted by atomic mass is 9.85. The Labute approximate surface area is 145 Å². The third kappa shape index (κ3) is 2.80. The first-order valence-electron chi connectivity index (χ1n) is 7.26. The van der Waals surface area contributed by atoms with Crippen molar-refractivity contribution < 1.29 is 5.11 Å². The predicted molar refractivity (Wildman–Crippen MR) is 93.1 cm³/mol. The van der Waals surface area contributed by atoms with Gasteiger partial charge in [0.05, 0.1) is 17.6 Å². The second kappa shape index (κ2) is 5.98. The van der Waals surface area contributed by atoms with Crippen LogP contribution in [0.2, 0.25) is 5.02 Å². The van der Waals surface area contributed by atoms with E-state index in [9.17, 15) is 5.11 Å². The topological polar surface area (TPSA) is 47.5 Å². The molecule has 0 aromatic heterocycles. The Morgan fingerprint density at radius 2 is 2.18 bits per heavy atom. The van der Waals surface area contributed by atoms with E-state index in [1.165, 1.54) is 0 Å². The number of alkyl halides is 1. The first-order chi connectivity index (χ1) is 10.4. The first kappa shape index (κ1) is 16.6. The van der Waals surface area contributed by atoms with Gasteiger partial charge in [-0.1, -0.05) is 42.0 Å². The summed E-state index contributed by atoms with van der Waals surface area (Å²) in [6.45, 7) is 2.32. The Balaban J connectivity index is 2.00. The van der Waals surface area contributed by atoms with Gasteiger partial charge in [-0.05, 0) is 31.4 Å². The lowest BCUT2D eigenvalue weighted by molar-refractivity contribution is -0.0536. The van der Waals surface area contributed by atoms with Gasteiger partial charge in [-0.2, -0.15) is 0 Å². The Kier molecular flexibility index (Phi) is 4.51. The van der Waals surface area contributed by atoms with Crippen molar-refractivity contribution in [3.63, 3.8) is 0 Å². The zero-order valence-electron chi connectivity index (χ0n) is 12.2. The molecular formula is C15H19Cl2N3OS. The minimum absolute atomic E-state index is 0.110. The molecule has 3 atom stereocenters. The number of benzene rings is 1. The summed E-state index contributed by atoms with van der Waals surface area (Å²) >= 11 is 18.0. The van der Waals surface area contributed by atoms with E-state index < -0.39 is 10.5 Å². The van der Waals surface area contributed by atoms with Gasteiger partial charge in [0.2, 0.25) is 0 Å². The van der Waals surface area contributed by atoms with Gasteiger partial charge in [0, 0.05) is 10.4 Å². The zero-order valence-corrected chi connectivity index (χ0v) is 14.5. The molecule has 1 heterocycles. The highest BCUT2D eigenvalue weighted by Crippen LogP contribution is 2.56. The average Bonchev–Trinajstić information content (AvgIpc) is 3.08. The molecule has 2 fully saturated rings. The zero-order chi connectivity index (χ0) is 16.0. The van der Waals surface area contributed by atoms with Crippen LogP contribution in [0, 0.1) is 0 Å². The van der Waals surface area contributed by atoms with E-state index in [-0.39, 0.29) is 12.2 Å². The number of hydrogen-bond acceptors (Lipinski definition) is 5. The van der Waals surface area contributed by atoms with E-state index in [4.69, 9.17) is 35.4 Å². The molecule has 3 unspecified atom stereocenters. The van der Waals surface area contributed by atoms with Crippen molar-refractivity contribution in [3.05, 3.63) is 34.9 Å². The molecule has 1 saturated carbocycles. The van der Waals surface area contributed by atoms with Crippen molar-refractivity contribution in [1.29, 1.82) is 0 Å². The van der Waals surface area contributed by atoms with Crippen LogP contribution in [0.1, 0.15) is 31.4 Å². The summed E-state index contributed by atoms with van der Waals surface area (Å²) in [5.41, 5.74) is 2.97. The summed E-state index contributed by atoms with van der Waals surface area (Å²) in [7, 11) is 0. The quantitative estimate of drug-likeness (QED) is 0.557.